The first-order chi connectivity index (χ1) is 9.56. The number of anilines is 1. The highest BCUT2D eigenvalue weighted by atomic mass is 35.5. The van der Waals surface area contributed by atoms with Gasteiger partial charge in [-0.15, -0.1) is 0 Å². The Morgan fingerprint density at radius 2 is 2.15 bits per heavy atom. The third kappa shape index (κ3) is 3.92. The van der Waals surface area contributed by atoms with Crippen molar-refractivity contribution in [3.63, 3.8) is 0 Å². The van der Waals surface area contributed by atoms with Crippen molar-refractivity contribution in [3.05, 3.63) is 58.4 Å². The molecule has 0 unspecified atom stereocenters. The van der Waals surface area contributed by atoms with Gasteiger partial charge in [-0.25, -0.2) is 0 Å². The Hall–Kier alpha value is -1.65. The van der Waals surface area contributed by atoms with E-state index in [9.17, 15) is 0 Å². The summed E-state index contributed by atoms with van der Waals surface area (Å²) in [5, 5.41) is 7.50. The molecule has 1 aromatic carbocycles. The number of thiocarbonyl (C=S) groups is 1. The number of nitrogens with zero attached hydrogens (tertiary/aromatic N) is 1. The highest BCUT2D eigenvalue weighted by Crippen LogP contribution is 2.27. The minimum atomic E-state index is 0.544. The van der Waals surface area contributed by atoms with Crippen LogP contribution in [0.2, 0.25) is 5.02 Å². The molecule has 5 heteroatoms. The lowest BCUT2D eigenvalue weighted by Gasteiger charge is -2.14. The smallest absolute Gasteiger partial charge is 0.171 e. The monoisotopic (exact) mass is 305 g/mol. The van der Waals surface area contributed by atoms with E-state index in [-0.39, 0.29) is 0 Å². The van der Waals surface area contributed by atoms with Crippen LogP contribution in [0.5, 0.6) is 0 Å². The fraction of sp³-hybridized carbons (Fsp3) is 0.200. The summed E-state index contributed by atoms with van der Waals surface area (Å²) in [4.78, 5) is 4.06. The summed E-state index contributed by atoms with van der Waals surface area (Å²) in [5.74, 6) is 0. The molecule has 0 bridgehead atoms. The van der Waals surface area contributed by atoms with Gasteiger partial charge in [-0.2, -0.15) is 0 Å². The van der Waals surface area contributed by atoms with Crippen molar-refractivity contribution in [1.82, 2.24) is 10.3 Å². The Balaban J connectivity index is 1.98. The van der Waals surface area contributed by atoms with Crippen LogP contribution >= 0.6 is 23.8 Å². The maximum Gasteiger partial charge on any atom is 0.171 e. The lowest BCUT2D eigenvalue weighted by atomic mass is 10.1. The van der Waals surface area contributed by atoms with E-state index in [0.717, 1.165) is 22.4 Å². The van der Waals surface area contributed by atoms with Gasteiger partial charge in [0, 0.05) is 18.9 Å². The van der Waals surface area contributed by atoms with Gasteiger partial charge in [0.25, 0.3) is 0 Å². The molecule has 0 fully saturated rings. The van der Waals surface area contributed by atoms with E-state index >= 15 is 0 Å². The van der Waals surface area contributed by atoms with Crippen LogP contribution in [0.15, 0.2) is 36.7 Å². The fourth-order valence-corrected chi connectivity index (χ4v) is 2.46. The van der Waals surface area contributed by atoms with Crippen LogP contribution in [0, 0.1) is 13.8 Å². The Morgan fingerprint density at radius 1 is 1.35 bits per heavy atom. The van der Waals surface area contributed by atoms with Crippen molar-refractivity contribution in [1.29, 1.82) is 0 Å². The molecule has 1 aromatic heterocycles. The molecule has 2 rings (SSSR count). The highest BCUT2D eigenvalue weighted by Gasteiger charge is 2.07. The summed E-state index contributed by atoms with van der Waals surface area (Å²) in [7, 11) is 0. The number of aromatic nitrogens is 1. The largest absolute Gasteiger partial charge is 0.358 e. The van der Waals surface area contributed by atoms with Crippen molar-refractivity contribution in [2.75, 3.05) is 5.32 Å². The van der Waals surface area contributed by atoms with Crippen LogP contribution in [0.4, 0.5) is 5.69 Å². The standard InChI is InChI=1S/C15H16ClN3S/c1-10-6-11(2)14(13(16)7-10)19-15(20)18-9-12-4-3-5-17-8-12/h3-8H,9H2,1-2H3,(H2,18,19,20). The number of benzene rings is 1. The fourth-order valence-electron chi connectivity index (χ4n) is 1.92. The molecule has 0 aliphatic heterocycles. The Bertz CT molecular complexity index is 591. The molecule has 0 aliphatic carbocycles. The summed E-state index contributed by atoms with van der Waals surface area (Å²) in [6.45, 7) is 4.65. The van der Waals surface area contributed by atoms with Crippen molar-refractivity contribution in [2.45, 2.75) is 20.4 Å². The third-order valence-corrected chi connectivity index (χ3v) is 3.39. The van der Waals surface area contributed by atoms with Gasteiger partial charge in [0.2, 0.25) is 0 Å². The van der Waals surface area contributed by atoms with Crippen molar-refractivity contribution in [3.8, 4) is 0 Å². The van der Waals surface area contributed by atoms with E-state index in [1.807, 2.05) is 32.0 Å². The van der Waals surface area contributed by atoms with Crippen molar-refractivity contribution in [2.24, 2.45) is 0 Å². The van der Waals surface area contributed by atoms with Gasteiger partial charge < -0.3 is 10.6 Å². The molecule has 0 radical (unpaired) electrons. The quantitative estimate of drug-likeness (QED) is 0.845. The van der Waals surface area contributed by atoms with E-state index < -0.39 is 0 Å². The minimum absolute atomic E-state index is 0.544. The predicted octanol–water partition coefficient (Wildman–Crippen LogP) is 3.84. The van der Waals surface area contributed by atoms with E-state index in [1.54, 1.807) is 12.4 Å². The Morgan fingerprint density at radius 3 is 2.80 bits per heavy atom. The maximum absolute atomic E-state index is 6.24. The van der Waals surface area contributed by atoms with Gasteiger partial charge in [-0.1, -0.05) is 23.7 Å². The molecular formula is C15H16ClN3S. The van der Waals surface area contributed by atoms with Crippen LogP contribution in [0.25, 0.3) is 0 Å². The topological polar surface area (TPSA) is 37.0 Å². The van der Waals surface area contributed by atoms with Gasteiger partial charge in [-0.05, 0) is 54.9 Å². The molecule has 0 spiro atoms. The number of rotatable bonds is 3. The number of aryl methyl sites for hydroxylation is 2. The molecule has 20 heavy (non-hydrogen) atoms. The molecule has 0 amide bonds. The van der Waals surface area contributed by atoms with Gasteiger partial charge in [0.05, 0.1) is 10.7 Å². The first-order valence-electron chi connectivity index (χ1n) is 6.27. The first-order valence-corrected chi connectivity index (χ1v) is 7.05. The molecular weight excluding hydrogens is 290 g/mol. The van der Waals surface area contributed by atoms with Crippen LogP contribution in [-0.2, 0) is 6.54 Å². The number of halogens is 1. The van der Waals surface area contributed by atoms with Crippen LogP contribution in [0.1, 0.15) is 16.7 Å². The Labute approximate surface area is 129 Å². The minimum Gasteiger partial charge on any atom is -0.358 e. The second-order valence-corrected chi connectivity index (χ2v) is 5.42. The van der Waals surface area contributed by atoms with E-state index in [2.05, 4.69) is 21.7 Å². The average molecular weight is 306 g/mol. The highest BCUT2D eigenvalue weighted by molar-refractivity contribution is 7.80. The van der Waals surface area contributed by atoms with Crippen LogP contribution < -0.4 is 10.6 Å². The number of hydrogen-bond acceptors (Lipinski definition) is 2. The normalized spacial score (nSPS) is 10.2. The second-order valence-electron chi connectivity index (χ2n) is 4.61. The van der Waals surface area contributed by atoms with Crippen molar-refractivity contribution < 1.29 is 0 Å². The second kappa shape index (κ2) is 6.68. The molecule has 0 saturated carbocycles. The summed E-state index contributed by atoms with van der Waals surface area (Å²) >= 11 is 11.5. The zero-order valence-electron chi connectivity index (χ0n) is 11.4. The maximum atomic E-state index is 6.24. The molecule has 0 atom stereocenters. The van der Waals surface area contributed by atoms with E-state index in [4.69, 9.17) is 23.8 Å². The number of pyridine rings is 1. The zero-order valence-corrected chi connectivity index (χ0v) is 13.0. The molecule has 0 saturated heterocycles. The number of nitrogens with one attached hydrogen (secondary N) is 2. The van der Waals surface area contributed by atoms with E-state index in [0.29, 0.717) is 16.7 Å². The first kappa shape index (κ1) is 14.8. The summed E-state index contributed by atoms with van der Waals surface area (Å²) < 4.78 is 0. The Kier molecular flexibility index (Phi) is 4.93. The lowest BCUT2D eigenvalue weighted by Crippen LogP contribution is -2.28. The number of hydrogen-bond donors (Lipinski definition) is 2. The van der Waals surface area contributed by atoms with Gasteiger partial charge in [-0.3, -0.25) is 4.98 Å². The van der Waals surface area contributed by atoms with E-state index in [1.165, 1.54) is 0 Å². The average Bonchev–Trinajstić information content (AvgIpc) is 2.42. The molecule has 1 heterocycles. The molecule has 2 aromatic rings. The van der Waals surface area contributed by atoms with Crippen LogP contribution in [-0.4, -0.2) is 10.1 Å². The zero-order chi connectivity index (χ0) is 14.5. The summed E-state index contributed by atoms with van der Waals surface area (Å²) in [6.07, 6.45) is 3.55. The summed E-state index contributed by atoms with van der Waals surface area (Å²) in [6, 6.07) is 7.87. The third-order valence-electron chi connectivity index (χ3n) is 2.85. The van der Waals surface area contributed by atoms with Gasteiger partial charge in [0.1, 0.15) is 0 Å². The van der Waals surface area contributed by atoms with Gasteiger partial charge >= 0.3 is 0 Å². The molecule has 3 nitrogen and oxygen atoms in total. The SMILES string of the molecule is Cc1cc(C)c(NC(=S)NCc2cccnc2)c(Cl)c1. The predicted molar refractivity (Wildman–Crippen MR) is 88.2 cm³/mol. The molecule has 2 N–H and O–H groups in total. The molecule has 0 aliphatic rings. The summed E-state index contributed by atoms with van der Waals surface area (Å²) in [5.41, 5.74) is 4.12. The van der Waals surface area contributed by atoms with Gasteiger partial charge in [0.15, 0.2) is 5.11 Å². The lowest BCUT2D eigenvalue weighted by molar-refractivity contribution is 0.916. The van der Waals surface area contributed by atoms with Crippen molar-refractivity contribution >= 4 is 34.6 Å². The van der Waals surface area contributed by atoms with Crippen LogP contribution in [0.3, 0.4) is 0 Å². The molecule has 104 valence electrons.